The van der Waals surface area contributed by atoms with Crippen molar-refractivity contribution in [3.8, 4) is 17.1 Å². The Hall–Kier alpha value is -2.96. The Kier molecular flexibility index (Phi) is 6.20. The van der Waals surface area contributed by atoms with Crippen LogP contribution in [0.25, 0.3) is 17.1 Å². The summed E-state index contributed by atoms with van der Waals surface area (Å²) in [5.41, 5.74) is 3.40. The molecule has 0 unspecified atom stereocenters. The summed E-state index contributed by atoms with van der Waals surface area (Å²) in [6.45, 7) is 4.16. The molecular formula is C24H20BrClN4O. The van der Waals surface area contributed by atoms with E-state index in [4.69, 9.17) is 11.6 Å². The second-order valence-corrected chi connectivity index (χ2v) is 8.71. The molecule has 4 rings (SSSR count). The zero-order chi connectivity index (χ0) is 22.0. The van der Waals surface area contributed by atoms with Crippen LogP contribution >= 0.6 is 27.5 Å². The Labute approximate surface area is 194 Å². The van der Waals surface area contributed by atoms with E-state index in [1.54, 1.807) is 16.8 Å². The molecule has 0 saturated heterocycles. The highest BCUT2D eigenvalue weighted by molar-refractivity contribution is 9.10. The van der Waals surface area contributed by atoms with Crippen LogP contribution in [0.4, 0.5) is 5.69 Å². The van der Waals surface area contributed by atoms with Crippen LogP contribution in [-0.2, 0) is 0 Å². The van der Waals surface area contributed by atoms with Crippen molar-refractivity contribution < 1.29 is 4.79 Å². The molecule has 0 saturated carbocycles. The maximum atomic E-state index is 13.1. The molecule has 1 aromatic heterocycles. The number of carbonyl (C=O) groups excluding carboxylic acids is 1. The maximum absolute atomic E-state index is 13.1. The molecule has 1 amide bonds. The number of amides is 1. The molecule has 0 aliphatic carbocycles. The number of anilines is 1. The van der Waals surface area contributed by atoms with E-state index in [0.717, 1.165) is 27.0 Å². The van der Waals surface area contributed by atoms with Crippen LogP contribution in [0.3, 0.4) is 0 Å². The van der Waals surface area contributed by atoms with Gasteiger partial charge in [0, 0.05) is 20.7 Å². The molecule has 31 heavy (non-hydrogen) atoms. The SMILES string of the molecule is CC(C)c1cc(Br)ccc1NC(=O)c1nc(-c2ccccc2)n(-c2ccc(Cl)cc2)n1. The van der Waals surface area contributed by atoms with Crippen LogP contribution in [0.2, 0.25) is 5.02 Å². The average molecular weight is 496 g/mol. The topological polar surface area (TPSA) is 59.8 Å². The van der Waals surface area contributed by atoms with E-state index in [0.29, 0.717) is 10.8 Å². The van der Waals surface area contributed by atoms with Crippen molar-refractivity contribution in [3.63, 3.8) is 0 Å². The van der Waals surface area contributed by atoms with Crippen LogP contribution in [0, 0.1) is 0 Å². The summed E-state index contributed by atoms with van der Waals surface area (Å²) in [5.74, 6) is 0.542. The Morgan fingerprint density at radius 2 is 1.74 bits per heavy atom. The Bertz CT molecular complexity index is 1220. The first-order valence-electron chi connectivity index (χ1n) is 9.81. The summed E-state index contributed by atoms with van der Waals surface area (Å²) in [5, 5.41) is 8.11. The fourth-order valence-electron chi connectivity index (χ4n) is 3.25. The van der Waals surface area contributed by atoms with Crippen molar-refractivity contribution in [2.24, 2.45) is 0 Å². The Balaban J connectivity index is 1.74. The lowest BCUT2D eigenvalue weighted by atomic mass is 10.0. The highest BCUT2D eigenvalue weighted by Crippen LogP contribution is 2.28. The monoisotopic (exact) mass is 494 g/mol. The first kappa shape index (κ1) is 21.3. The van der Waals surface area contributed by atoms with Gasteiger partial charge in [0.1, 0.15) is 0 Å². The van der Waals surface area contributed by atoms with E-state index >= 15 is 0 Å². The van der Waals surface area contributed by atoms with Crippen molar-refractivity contribution in [3.05, 3.63) is 93.7 Å². The highest BCUT2D eigenvalue weighted by atomic mass is 79.9. The van der Waals surface area contributed by atoms with Gasteiger partial charge in [-0.25, -0.2) is 9.67 Å². The largest absolute Gasteiger partial charge is 0.319 e. The van der Waals surface area contributed by atoms with Crippen molar-refractivity contribution in [1.82, 2.24) is 14.8 Å². The highest BCUT2D eigenvalue weighted by Gasteiger charge is 2.20. The smallest absolute Gasteiger partial charge is 0.295 e. The molecule has 1 heterocycles. The molecule has 0 fully saturated rings. The van der Waals surface area contributed by atoms with Crippen LogP contribution in [-0.4, -0.2) is 20.7 Å². The van der Waals surface area contributed by atoms with Gasteiger partial charge in [0.2, 0.25) is 5.82 Å². The summed E-state index contributed by atoms with van der Waals surface area (Å²) < 4.78 is 2.62. The summed E-state index contributed by atoms with van der Waals surface area (Å²) in [7, 11) is 0. The molecule has 156 valence electrons. The second-order valence-electron chi connectivity index (χ2n) is 7.35. The van der Waals surface area contributed by atoms with Crippen molar-refractivity contribution in [1.29, 1.82) is 0 Å². The summed E-state index contributed by atoms with van der Waals surface area (Å²) in [6.07, 6.45) is 0. The minimum absolute atomic E-state index is 0.0893. The standard InChI is InChI=1S/C24H20BrClN4O/c1-15(2)20-14-17(25)8-13-21(20)27-24(31)22-28-23(16-6-4-3-5-7-16)30(29-22)19-11-9-18(26)10-12-19/h3-15H,1-2H3,(H,27,31). The molecular weight excluding hydrogens is 476 g/mol. The van der Waals surface area contributed by atoms with Crippen LogP contribution in [0.5, 0.6) is 0 Å². The quantitative estimate of drug-likeness (QED) is 0.334. The molecule has 0 aliphatic rings. The predicted molar refractivity (Wildman–Crippen MR) is 128 cm³/mol. The fourth-order valence-corrected chi connectivity index (χ4v) is 3.75. The van der Waals surface area contributed by atoms with Crippen molar-refractivity contribution in [2.75, 3.05) is 5.32 Å². The summed E-state index contributed by atoms with van der Waals surface area (Å²) >= 11 is 9.54. The lowest BCUT2D eigenvalue weighted by Gasteiger charge is -2.13. The first-order valence-corrected chi connectivity index (χ1v) is 11.0. The molecule has 5 nitrogen and oxygen atoms in total. The van der Waals surface area contributed by atoms with Gasteiger partial charge in [-0.3, -0.25) is 4.79 Å². The molecule has 0 bridgehead atoms. The average Bonchev–Trinajstić information content (AvgIpc) is 3.21. The first-order chi connectivity index (χ1) is 14.9. The molecule has 0 atom stereocenters. The molecule has 1 N–H and O–H groups in total. The zero-order valence-corrected chi connectivity index (χ0v) is 19.4. The van der Waals surface area contributed by atoms with Gasteiger partial charge >= 0.3 is 0 Å². The normalized spacial score (nSPS) is 11.0. The van der Waals surface area contributed by atoms with Gasteiger partial charge in [-0.05, 0) is 53.9 Å². The number of hydrogen-bond donors (Lipinski definition) is 1. The van der Waals surface area contributed by atoms with E-state index < -0.39 is 0 Å². The second kappa shape index (κ2) is 9.04. The molecule has 4 aromatic rings. The van der Waals surface area contributed by atoms with Crippen LogP contribution in [0.15, 0.2) is 77.3 Å². The molecule has 0 radical (unpaired) electrons. The minimum atomic E-state index is -0.367. The molecule has 0 spiro atoms. The van der Waals surface area contributed by atoms with E-state index in [-0.39, 0.29) is 17.6 Å². The van der Waals surface area contributed by atoms with Gasteiger partial charge < -0.3 is 5.32 Å². The van der Waals surface area contributed by atoms with Gasteiger partial charge in [-0.1, -0.05) is 71.7 Å². The zero-order valence-electron chi connectivity index (χ0n) is 17.0. The number of hydrogen-bond acceptors (Lipinski definition) is 3. The third-order valence-corrected chi connectivity index (χ3v) is 5.54. The number of rotatable bonds is 5. The Morgan fingerprint density at radius 1 is 1.03 bits per heavy atom. The number of nitrogens with one attached hydrogen (secondary N) is 1. The van der Waals surface area contributed by atoms with E-state index in [9.17, 15) is 4.79 Å². The van der Waals surface area contributed by atoms with Crippen LogP contribution in [0.1, 0.15) is 35.9 Å². The van der Waals surface area contributed by atoms with Crippen LogP contribution < -0.4 is 5.32 Å². The van der Waals surface area contributed by atoms with Gasteiger partial charge in [0.15, 0.2) is 5.82 Å². The third kappa shape index (κ3) is 4.70. The lowest BCUT2D eigenvalue weighted by Crippen LogP contribution is -2.16. The summed E-state index contributed by atoms with van der Waals surface area (Å²) in [6, 6.07) is 22.7. The number of nitrogens with zero attached hydrogens (tertiary/aromatic N) is 3. The molecule has 7 heteroatoms. The van der Waals surface area contributed by atoms with Gasteiger partial charge in [-0.2, -0.15) is 0 Å². The van der Waals surface area contributed by atoms with E-state index in [2.05, 4.69) is 45.2 Å². The van der Waals surface area contributed by atoms with E-state index in [1.165, 1.54) is 0 Å². The number of carbonyl (C=O) groups is 1. The van der Waals surface area contributed by atoms with Gasteiger partial charge in [0.05, 0.1) is 5.69 Å². The van der Waals surface area contributed by atoms with Gasteiger partial charge in [0.25, 0.3) is 5.91 Å². The molecule has 0 aliphatic heterocycles. The fraction of sp³-hybridized carbons (Fsp3) is 0.125. The maximum Gasteiger partial charge on any atom is 0.295 e. The molecule has 3 aromatic carbocycles. The van der Waals surface area contributed by atoms with Crippen molar-refractivity contribution >= 4 is 39.1 Å². The van der Waals surface area contributed by atoms with Crippen molar-refractivity contribution in [2.45, 2.75) is 19.8 Å². The minimum Gasteiger partial charge on any atom is -0.319 e. The third-order valence-electron chi connectivity index (χ3n) is 4.80. The number of halogens is 2. The predicted octanol–water partition coefficient (Wildman–Crippen LogP) is 6.73. The Morgan fingerprint density at radius 3 is 2.42 bits per heavy atom. The number of aromatic nitrogens is 3. The lowest BCUT2D eigenvalue weighted by molar-refractivity contribution is 0.101. The van der Waals surface area contributed by atoms with E-state index in [1.807, 2.05) is 60.7 Å². The summed E-state index contributed by atoms with van der Waals surface area (Å²) in [4.78, 5) is 17.6. The number of benzene rings is 3. The van der Waals surface area contributed by atoms with Gasteiger partial charge in [-0.15, -0.1) is 5.10 Å².